The molecule has 1 nitrogen and oxygen atoms in total. The van der Waals surface area contributed by atoms with Crippen molar-refractivity contribution in [3.8, 4) is 9.75 Å². The lowest BCUT2D eigenvalue weighted by Gasteiger charge is -2.34. The summed E-state index contributed by atoms with van der Waals surface area (Å²) in [5.41, 5.74) is 2.18. The Bertz CT molecular complexity index is 510. The SMILES string of the molecule is CC1(C)OC(C)(C)c2ccsc2-c2sccc21. The van der Waals surface area contributed by atoms with E-state index in [9.17, 15) is 0 Å². The van der Waals surface area contributed by atoms with Gasteiger partial charge in [-0.3, -0.25) is 0 Å². The van der Waals surface area contributed by atoms with Crippen molar-refractivity contribution in [2.75, 3.05) is 0 Å². The summed E-state index contributed by atoms with van der Waals surface area (Å²) >= 11 is 3.64. The minimum absolute atomic E-state index is 0.225. The fraction of sp³-hybridized carbons (Fsp3) is 0.429. The van der Waals surface area contributed by atoms with E-state index < -0.39 is 0 Å². The number of fused-ring (bicyclic) bond motifs is 3. The molecule has 0 saturated heterocycles. The molecule has 90 valence electrons. The predicted molar refractivity (Wildman–Crippen MR) is 74.8 cm³/mol. The summed E-state index contributed by atoms with van der Waals surface area (Å²) in [5.74, 6) is 0. The number of hydrogen-bond donors (Lipinski definition) is 0. The highest BCUT2D eigenvalue weighted by molar-refractivity contribution is 7.20. The molecule has 3 rings (SSSR count). The highest BCUT2D eigenvalue weighted by atomic mass is 32.1. The van der Waals surface area contributed by atoms with Gasteiger partial charge in [-0.1, -0.05) is 0 Å². The van der Waals surface area contributed by atoms with Crippen LogP contribution in [0.25, 0.3) is 9.75 Å². The summed E-state index contributed by atoms with van der Waals surface area (Å²) in [6.45, 7) is 8.65. The molecule has 0 fully saturated rings. The molecule has 0 amide bonds. The smallest absolute Gasteiger partial charge is 0.0901 e. The topological polar surface area (TPSA) is 9.23 Å². The zero-order valence-electron chi connectivity index (χ0n) is 10.5. The summed E-state index contributed by atoms with van der Waals surface area (Å²) in [7, 11) is 0. The summed E-state index contributed by atoms with van der Waals surface area (Å²) in [5, 5.41) is 4.33. The van der Waals surface area contributed by atoms with Crippen LogP contribution in [0.2, 0.25) is 0 Å². The van der Waals surface area contributed by atoms with Gasteiger partial charge in [-0.2, -0.15) is 0 Å². The van der Waals surface area contributed by atoms with Crippen molar-refractivity contribution in [2.24, 2.45) is 0 Å². The van der Waals surface area contributed by atoms with E-state index in [0.717, 1.165) is 0 Å². The van der Waals surface area contributed by atoms with Crippen molar-refractivity contribution in [2.45, 2.75) is 38.9 Å². The van der Waals surface area contributed by atoms with Gasteiger partial charge in [-0.15, -0.1) is 22.7 Å². The first kappa shape index (κ1) is 11.5. The quantitative estimate of drug-likeness (QED) is 0.652. The second-order valence-corrected chi connectivity index (χ2v) is 7.28. The Morgan fingerprint density at radius 3 is 1.65 bits per heavy atom. The minimum Gasteiger partial charge on any atom is -0.360 e. The van der Waals surface area contributed by atoms with Crippen LogP contribution < -0.4 is 0 Å². The number of rotatable bonds is 0. The third-order valence-corrected chi connectivity index (χ3v) is 5.34. The molecule has 3 heteroatoms. The van der Waals surface area contributed by atoms with Gasteiger partial charge < -0.3 is 4.74 Å². The zero-order chi connectivity index (χ0) is 12.3. The molecule has 1 aliphatic heterocycles. The van der Waals surface area contributed by atoms with E-state index in [1.54, 1.807) is 0 Å². The van der Waals surface area contributed by atoms with Gasteiger partial charge in [0.2, 0.25) is 0 Å². The van der Waals surface area contributed by atoms with E-state index in [0.29, 0.717) is 0 Å². The molecule has 17 heavy (non-hydrogen) atoms. The van der Waals surface area contributed by atoms with Crippen molar-refractivity contribution in [3.05, 3.63) is 34.0 Å². The number of thiophene rings is 2. The van der Waals surface area contributed by atoms with E-state index in [1.807, 2.05) is 22.7 Å². The van der Waals surface area contributed by atoms with Gasteiger partial charge in [0.1, 0.15) is 0 Å². The lowest BCUT2D eigenvalue weighted by Crippen LogP contribution is -2.31. The van der Waals surface area contributed by atoms with Gasteiger partial charge in [-0.25, -0.2) is 0 Å². The standard InChI is InChI=1S/C14H16OS2/c1-13(2)9-5-7-16-11(9)12-10(6-8-17-12)14(3,4)15-13/h5-8H,1-4H3. The van der Waals surface area contributed by atoms with Crippen LogP contribution in [0.1, 0.15) is 38.8 Å². The highest BCUT2D eigenvalue weighted by Gasteiger charge is 2.39. The number of hydrogen-bond acceptors (Lipinski definition) is 3. The molecule has 2 aromatic rings. The lowest BCUT2D eigenvalue weighted by molar-refractivity contribution is -0.129. The zero-order valence-corrected chi connectivity index (χ0v) is 12.2. The Kier molecular flexibility index (Phi) is 2.31. The Hall–Kier alpha value is -0.640. The summed E-state index contributed by atoms with van der Waals surface area (Å²) in [6, 6.07) is 4.40. The first-order valence-electron chi connectivity index (χ1n) is 5.78. The van der Waals surface area contributed by atoms with E-state index in [2.05, 4.69) is 50.6 Å². The molecule has 0 saturated carbocycles. The van der Waals surface area contributed by atoms with Crippen LogP contribution >= 0.6 is 22.7 Å². The van der Waals surface area contributed by atoms with Crippen LogP contribution in [0.4, 0.5) is 0 Å². The molecule has 0 aliphatic carbocycles. The molecule has 0 unspecified atom stereocenters. The van der Waals surface area contributed by atoms with Crippen LogP contribution in [-0.2, 0) is 15.9 Å². The molecule has 0 aromatic carbocycles. The van der Waals surface area contributed by atoms with E-state index in [-0.39, 0.29) is 11.2 Å². The third kappa shape index (κ3) is 1.60. The maximum Gasteiger partial charge on any atom is 0.0901 e. The van der Waals surface area contributed by atoms with E-state index >= 15 is 0 Å². The van der Waals surface area contributed by atoms with Crippen molar-refractivity contribution in [1.29, 1.82) is 0 Å². The Morgan fingerprint density at radius 1 is 0.824 bits per heavy atom. The maximum atomic E-state index is 6.37. The molecular weight excluding hydrogens is 248 g/mol. The van der Waals surface area contributed by atoms with Gasteiger partial charge in [0.05, 0.1) is 21.0 Å². The van der Waals surface area contributed by atoms with Crippen LogP contribution in [0.5, 0.6) is 0 Å². The molecule has 0 spiro atoms. The van der Waals surface area contributed by atoms with Crippen LogP contribution in [0.15, 0.2) is 22.9 Å². The highest BCUT2D eigenvalue weighted by Crippen LogP contribution is 2.50. The molecule has 0 radical (unpaired) electrons. The van der Waals surface area contributed by atoms with E-state index in [4.69, 9.17) is 4.74 Å². The van der Waals surface area contributed by atoms with Gasteiger partial charge in [0.25, 0.3) is 0 Å². The second kappa shape index (κ2) is 3.44. The van der Waals surface area contributed by atoms with Crippen LogP contribution in [0, 0.1) is 0 Å². The van der Waals surface area contributed by atoms with Crippen molar-refractivity contribution in [1.82, 2.24) is 0 Å². The Balaban J connectivity index is 2.33. The molecule has 0 atom stereocenters. The summed E-state index contributed by atoms with van der Waals surface area (Å²) < 4.78 is 6.37. The lowest BCUT2D eigenvalue weighted by atomic mass is 9.99. The summed E-state index contributed by atoms with van der Waals surface area (Å²) in [4.78, 5) is 2.76. The minimum atomic E-state index is -0.225. The maximum absolute atomic E-state index is 6.37. The van der Waals surface area contributed by atoms with Gasteiger partial charge in [-0.05, 0) is 50.6 Å². The average Bonchev–Trinajstić information content (AvgIpc) is 2.83. The molecule has 1 aliphatic rings. The first-order chi connectivity index (χ1) is 7.92. The fourth-order valence-electron chi connectivity index (χ4n) is 2.67. The Morgan fingerprint density at radius 2 is 1.24 bits per heavy atom. The largest absolute Gasteiger partial charge is 0.360 e. The summed E-state index contributed by atoms with van der Waals surface area (Å²) in [6.07, 6.45) is 0. The predicted octanol–water partition coefficient (Wildman–Crippen LogP) is 4.98. The third-order valence-electron chi connectivity index (χ3n) is 3.34. The molecule has 0 bridgehead atoms. The van der Waals surface area contributed by atoms with Crippen LogP contribution in [0.3, 0.4) is 0 Å². The van der Waals surface area contributed by atoms with E-state index in [1.165, 1.54) is 20.9 Å². The molecular formula is C14H16OS2. The normalized spacial score (nSPS) is 20.5. The molecule has 3 heterocycles. The second-order valence-electron chi connectivity index (χ2n) is 5.45. The monoisotopic (exact) mass is 264 g/mol. The first-order valence-corrected chi connectivity index (χ1v) is 7.54. The average molecular weight is 264 g/mol. The molecule has 0 N–H and O–H groups in total. The van der Waals surface area contributed by atoms with Crippen molar-refractivity contribution < 1.29 is 4.74 Å². The van der Waals surface area contributed by atoms with Gasteiger partial charge in [0, 0.05) is 11.1 Å². The van der Waals surface area contributed by atoms with Gasteiger partial charge >= 0.3 is 0 Å². The van der Waals surface area contributed by atoms with Crippen molar-refractivity contribution in [3.63, 3.8) is 0 Å². The Labute approximate surface area is 110 Å². The molecule has 2 aromatic heterocycles. The number of ether oxygens (including phenoxy) is 1. The van der Waals surface area contributed by atoms with Crippen molar-refractivity contribution >= 4 is 22.7 Å². The fourth-order valence-corrected chi connectivity index (χ4v) is 4.95. The van der Waals surface area contributed by atoms with Gasteiger partial charge in [0.15, 0.2) is 0 Å². The van der Waals surface area contributed by atoms with Crippen LogP contribution in [-0.4, -0.2) is 0 Å².